The average molecular weight is 381 g/mol. The van der Waals surface area contributed by atoms with Gasteiger partial charge in [0.25, 0.3) is 0 Å². The number of hydrogen-bond acceptors (Lipinski definition) is 5. The van der Waals surface area contributed by atoms with Gasteiger partial charge in [-0.1, -0.05) is 18.2 Å². The van der Waals surface area contributed by atoms with Crippen molar-refractivity contribution in [1.82, 2.24) is 14.8 Å². The van der Waals surface area contributed by atoms with Gasteiger partial charge in [0.1, 0.15) is 5.78 Å². The molecule has 0 aliphatic carbocycles. The number of likely N-dealkylation sites (tertiary alicyclic amines) is 1. The van der Waals surface area contributed by atoms with Gasteiger partial charge in [-0.2, -0.15) is 0 Å². The minimum absolute atomic E-state index is 0.290. The van der Waals surface area contributed by atoms with E-state index in [2.05, 4.69) is 43.9 Å². The van der Waals surface area contributed by atoms with Crippen molar-refractivity contribution < 1.29 is 4.79 Å². The van der Waals surface area contributed by atoms with Crippen LogP contribution < -0.4 is 4.90 Å². The zero-order valence-electron chi connectivity index (χ0n) is 17.0. The van der Waals surface area contributed by atoms with Crippen LogP contribution in [0.25, 0.3) is 10.9 Å². The lowest BCUT2D eigenvalue weighted by atomic mass is 9.93. The van der Waals surface area contributed by atoms with Crippen molar-refractivity contribution in [1.29, 1.82) is 0 Å². The molecular weight excluding hydrogens is 348 g/mol. The van der Waals surface area contributed by atoms with Gasteiger partial charge in [-0.15, -0.1) is 0 Å². The normalized spacial score (nSPS) is 20.0. The molecule has 0 spiro atoms. The number of hydrogen-bond donors (Lipinski definition) is 0. The van der Waals surface area contributed by atoms with Gasteiger partial charge in [0.05, 0.1) is 17.7 Å². The topological polar surface area (TPSA) is 39.7 Å². The van der Waals surface area contributed by atoms with E-state index in [1.165, 1.54) is 36.9 Å². The molecule has 28 heavy (non-hydrogen) atoms. The summed E-state index contributed by atoms with van der Waals surface area (Å²) in [5.74, 6) is 1.11. The Morgan fingerprint density at radius 2 is 1.75 bits per heavy atom. The number of Topliss-reactive ketones (excluding diaryl/α,β-unsaturated/α-hetero) is 1. The summed E-state index contributed by atoms with van der Waals surface area (Å²) in [7, 11) is 0. The Bertz CT molecular complexity index is 787. The van der Waals surface area contributed by atoms with Crippen LogP contribution in [0.3, 0.4) is 0 Å². The number of carbonyl (C=O) groups excluding carboxylic acids is 1. The summed E-state index contributed by atoms with van der Waals surface area (Å²) in [5.41, 5.74) is 2.39. The van der Waals surface area contributed by atoms with E-state index in [1.807, 2.05) is 12.3 Å². The number of ketones is 1. The van der Waals surface area contributed by atoms with E-state index in [0.717, 1.165) is 50.7 Å². The highest BCUT2D eigenvalue weighted by Crippen LogP contribution is 2.26. The molecule has 3 heterocycles. The number of pyridine rings is 1. The van der Waals surface area contributed by atoms with Crippen molar-refractivity contribution in [2.45, 2.75) is 26.2 Å². The molecule has 0 atom stereocenters. The first-order chi connectivity index (χ1) is 13.7. The molecule has 2 fully saturated rings. The van der Waals surface area contributed by atoms with Crippen LogP contribution in [0.15, 0.2) is 36.5 Å². The number of nitrogens with zero attached hydrogens (tertiary/aromatic N) is 4. The van der Waals surface area contributed by atoms with Crippen LogP contribution in [-0.2, 0) is 4.79 Å². The van der Waals surface area contributed by atoms with E-state index in [-0.39, 0.29) is 5.78 Å². The fraction of sp³-hybridized carbons (Fsp3) is 0.565. The summed E-state index contributed by atoms with van der Waals surface area (Å²) in [5, 5.41) is 1.22. The number of aromatic nitrogens is 1. The molecule has 1 aromatic carbocycles. The van der Waals surface area contributed by atoms with Crippen LogP contribution in [0.1, 0.15) is 26.2 Å². The van der Waals surface area contributed by atoms with Gasteiger partial charge >= 0.3 is 0 Å². The van der Waals surface area contributed by atoms with Crippen LogP contribution in [0, 0.1) is 5.92 Å². The van der Waals surface area contributed by atoms with Gasteiger partial charge in [-0.05, 0) is 63.9 Å². The molecule has 4 rings (SSSR count). The number of piperazine rings is 1. The molecule has 0 bridgehead atoms. The molecule has 0 N–H and O–H groups in total. The van der Waals surface area contributed by atoms with Crippen molar-refractivity contribution in [2.24, 2.45) is 5.92 Å². The maximum absolute atomic E-state index is 11.3. The molecular formula is C23H32N4O. The largest absolute Gasteiger partial charge is 0.367 e. The van der Waals surface area contributed by atoms with Crippen molar-refractivity contribution in [3.8, 4) is 0 Å². The first kappa shape index (κ1) is 19.3. The van der Waals surface area contributed by atoms with Crippen molar-refractivity contribution in [3.05, 3.63) is 36.5 Å². The smallest absolute Gasteiger partial charge is 0.143 e. The van der Waals surface area contributed by atoms with E-state index < -0.39 is 0 Å². The number of para-hydroxylation sites is 1. The second-order valence-corrected chi connectivity index (χ2v) is 8.39. The van der Waals surface area contributed by atoms with Gasteiger partial charge in [0.2, 0.25) is 0 Å². The summed E-state index contributed by atoms with van der Waals surface area (Å²) in [6.45, 7) is 10.1. The highest BCUT2D eigenvalue weighted by atomic mass is 16.1. The predicted octanol–water partition coefficient (Wildman–Crippen LogP) is 3.05. The maximum Gasteiger partial charge on any atom is 0.143 e. The molecule has 2 aliphatic rings. The zero-order chi connectivity index (χ0) is 19.3. The lowest BCUT2D eigenvalue weighted by Crippen LogP contribution is -2.47. The van der Waals surface area contributed by atoms with Gasteiger partial charge in [-0.25, -0.2) is 0 Å². The monoisotopic (exact) mass is 380 g/mol. The molecule has 5 heteroatoms. The Morgan fingerprint density at radius 3 is 2.50 bits per heavy atom. The molecule has 2 aliphatic heterocycles. The van der Waals surface area contributed by atoms with Crippen molar-refractivity contribution in [3.63, 3.8) is 0 Å². The number of benzene rings is 1. The number of piperidine rings is 1. The fourth-order valence-electron chi connectivity index (χ4n) is 4.67. The number of carbonyl (C=O) groups is 1. The maximum atomic E-state index is 11.3. The van der Waals surface area contributed by atoms with Gasteiger partial charge < -0.3 is 4.90 Å². The minimum Gasteiger partial charge on any atom is -0.367 e. The van der Waals surface area contributed by atoms with Crippen LogP contribution in [0.4, 0.5) is 5.69 Å². The lowest BCUT2D eigenvalue weighted by Gasteiger charge is -2.37. The Labute approximate surface area is 168 Å². The molecule has 5 nitrogen and oxygen atoms in total. The van der Waals surface area contributed by atoms with Gasteiger partial charge in [0, 0.05) is 37.8 Å². The van der Waals surface area contributed by atoms with Crippen molar-refractivity contribution in [2.75, 3.05) is 57.3 Å². The average Bonchev–Trinajstić information content (AvgIpc) is 2.73. The molecule has 2 aromatic rings. The fourth-order valence-corrected chi connectivity index (χ4v) is 4.67. The zero-order valence-corrected chi connectivity index (χ0v) is 17.0. The third-order valence-corrected chi connectivity index (χ3v) is 6.33. The molecule has 1 aromatic heterocycles. The molecule has 0 unspecified atom stereocenters. The number of anilines is 1. The van der Waals surface area contributed by atoms with Crippen LogP contribution in [0.5, 0.6) is 0 Å². The second kappa shape index (κ2) is 9.01. The molecule has 2 saturated heterocycles. The highest BCUT2D eigenvalue weighted by Gasteiger charge is 2.23. The Kier molecular flexibility index (Phi) is 6.23. The van der Waals surface area contributed by atoms with E-state index in [0.29, 0.717) is 6.54 Å². The van der Waals surface area contributed by atoms with Crippen LogP contribution in [-0.4, -0.2) is 72.9 Å². The summed E-state index contributed by atoms with van der Waals surface area (Å²) >= 11 is 0. The summed E-state index contributed by atoms with van der Waals surface area (Å²) in [4.78, 5) is 23.3. The van der Waals surface area contributed by atoms with Gasteiger partial charge in [-0.3, -0.25) is 19.6 Å². The summed E-state index contributed by atoms with van der Waals surface area (Å²) in [6, 6.07) is 10.6. The Balaban J connectivity index is 1.23. The standard InChI is InChI=1S/C23H32N4O/c1-19(28)18-26-12-8-20(9-13-26)7-11-25-14-16-27(17-15-25)22-6-2-4-21-5-3-10-24-23(21)22/h2-6,10,20H,7-9,11-18H2,1H3. The molecule has 0 saturated carbocycles. The Hall–Kier alpha value is -1.98. The second-order valence-electron chi connectivity index (χ2n) is 8.39. The predicted molar refractivity (Wildman–Crippen MR) is 115 cm³/mol. The van der Waals surface area contributed by atoms with E-state index in [1.54, 1.807) is 6.92 Å². The Morgan fingerprint density at radius 1 is 1.00 bits per heavy atom. The lowest BCUT2D eigenvalue weighted by molar-refractivity contribution is -0.118. The highest BCUT2D eigenvalue weighted by molar-refractivity contribution is 5.90. The van der Waals surface area contributed by atoms with Gasteiger partial charge in [0.15, 0.2) is 0 Å². The third kappa shape index (κ3) is 4.70. The summed E-state index contributed by atoms with van der Waals surface area (Å²) in [6.07, 6.45) is 5.68. The number of fused-ring (bicyclic) bond motifs is 1. The minimum atomic E-state index is 0.290. The van der Waals surface area contributed by atoms with Crippen LogP contribution in [0.2, 0.25) is 0 Å². The third-order valence-electron chi connectivity index (χ3n) is 6.33. The molecule has 0 radical (unpaired) electrons. The summed E-state index contributed by atoms with van der Waals surface area (Å²) < 4.78 is 0. The van der Waals surface area contributed by atoms with E-state index >= 15 is 0 Å². The quantitative estimate of drug-likeness (QED) is 0.770. The number of rotatable bonds is 6. The SMILES string of the molecule is CC(=O)CN1CCC(CCN2CCN(c3cccc4cccnc34)CC2)CC1. The molecule has 0 amide bonds. The van der Waals surface area contributed by atoms with Crippen molar-refractivity contribution >= 4 is 22.4 Å². The van der Waals surface area contributed by atoms with E-state index in [9.17, 15) is 4.79 Å². The first-order valence-electron chi connectivity index (χ1n) is 10.7. The van der Waals surface area contributed by atoms with Crippen LogP contribution >= 0.6 is 0 Å². The molecule has 150 valence electrons. The first-order valence-corrected chi connectivity index (χ1v) is 10.7. The van der Waals surface area contributed by atoms with E-state index in [4.69, 9.17) is 0 Å².